The summed E-state index contributed by atoms with van der Waals surface area (Å²) >= 11 is 0. The Morgan fingerprint density at radius 1 is 1.50 bits per heavy atom. The van der Waals surface area contributed by atoms with Crippen molar-refractivity contribution in [3.63, 3.8) is 0 Å². The van der Waals surface area contributed by atoms with Gasteiger partial charge < -0.3 is 10.0 Å². The molecular formula is C16H21FN2O3. The molecule has 1 aliphatic rings. The van der Waals surface area contributed by atoms with Gasteiger partial charge in [-0.2, -0.15) is 0 Å². The molecule has 1 amide bonds. The highest BCUT2D eigenvalue weighted by atomic mass is 19.1. The molecule has 1 aromatic rings. The van der Waals surface area contributed by atoms with Crippen LogP contribution >= 0.6 is 0 Å². The Bertz CT molecular complexity index is 578. The number of carbonyl (C=O) groups is 2. The average Bonchev–Trinajstić information content (AvgIpc) is 2.87. The van der Waals surface area contributed by atoms with Crippen LogP contribution in [0.1, 0.15) is 31.7 Å². The van der Waals surface area contributed by atoms with E-state index < -0.39 is 17.4 Å². The number of aliphatic carboxylic acids is 1. The van der Waals surface area contributed by atoms with E-state index in [-0.39, 0.29) is 18.3 Å². The molecule has 0 aliphatic carbocycles. The van der Waals surface area contributed by atoms with Crippen molar-refractivity contribution in [1.29, 1.82) is 0 Å². The van der Waals surface area contributed by atoms with Crippen LogP contribution in [0.3, 0.4) is 0 Å². The third-order valence-corrected chi connectivity index (χ3v) is 4.17. The Morgan fingerprint density at radius 3 is 2.86 bits per heavy atom. The molecule has 6 heteroatoms. The molecule has 0 radical (unpaired) electrons. The van der Waals surface area contributed by atoms with Crippen LogP contribution in [0, 0.1) is 5.82 Å². The number of rotatable bonds is 5. The van der Waals surface area contributed by atoms with Gasteiger partial charge in [-0.05, 0) is 38.0 Å². The first-order valence-electron chi connectivity index (χ1n) is 7.32. The lowest BCUT2D eigenvalue weighted by molar-refractivity contribution is -0.136. The van der Waals surface area contributed by atoms with E-state index in [1.54, 1.807) is 24.0 Å². The number of nitrogens with zero attached hydrogens (tertiary/aromatic N) is 1. The van der Waals surface area contributed by atoms with Crippen LogP contribution in [-0.2, 0) is 9.59 Å². The summed E-state index contributed by atoms with van der Waals surface area (Å²) in [5.41, 5.74) is 0.257. The molecule has 0 bridgehead atoms. The second-order valence-corrected chi connectivity index (χ2v) is 6.09. The third kappa shape index (κ3) is 3.82. The summed E-state index contributed by atoms with van der Waals surface area (Å²) in [7, 11) is 0. The van der Waals surface area contributed by atoms with Gasteiger partial charge >= 0.3 is 5.97 Å². The molecular weight excluding hydrogens is 287 g/mol. The smallest absolute Gasteiger partial charge is 0.317 e. The van der Waals surface area contributed by atoms with Crippen LogP contribution in [-0.4, -0.2) is 47.1 Å². The van der Waals surface area contributed by atoms with E-state index in [0.717, 1.165) is 0 Å². The molecule has 1 heterocycles. The van der Waals surface area contributed by atoms with E-state index in [2.05, 4.69) is 5.32 Å². The fraction of sp³-hybridized carbons (Fsp3) is 0.500. The number of hydrogen-bond donors (Lipinski definition) is 2. The van der Waals surface area contributed by atoms with Crippen molar-refractivity contribution < 1.29 is 19.1 Å². The van der Waals surface area contributed by atoms with Crippen LogP contribution in [0.15, 0.2) is 24.3 Å². The zero-order chi connectivity index (χ0) is 16.3. The number of carboxylic acids is 1. The summed E-state index contributed by atoms with van der Waals surface area (Å²) in [4.78, 5) is 24.9. The average molecular weight is 308 g/mol. The first kappa shape index (κ1) is 16.4. The monoisotopic (exact) mass is 308 g/mol. The number of hydrogen-bond acceptors (Lipinski definition) is 3. The Hall–Kier alpha value is -1.95. The van der Waals surface area contributed by atoms with Gasteiger partial charge in [0.05, 0.1) is 12.5 Å². The lowest BCUT2D eigenvalue weighted by Gasteiger charge is -2.26. The Kier molecular flexibility index (Phi) is 4.81. The van der Waals surface area contributed by atoms with Gasteiger partial charge in [0.1, 0.15) is 5.82 Å². The molecule has 1 fully saturated rings. The highest BCUT2D eigenvalue weighted by Gasteiger charge is 2.37. The quantitative estimate of drug-likeness (QED) is 0.867. The minimum Gasteiger partial charge on any atom is -0.480 e. The van der Waals surface area contributed by atoms with Crippen molar-refractivity contribution >= 4 is 11.9 Å². The minimum atomic E-state index is -0.917. The Balaban J connectivity index is 2.00. The lowest BCUT2D eigenvalue weighted by Crippen LogP contribution is -2.47. The molecule has 0 spiro atoms. The predicted molar refractivity (Wildman–Crippen MR) is 80.1 cm³/mol. The van der Waals surface area contributed by atoms with Crippen molar-refractivity contribution in [3.8, 4) is 0 Å². The largest absolute Gasteiger partial charge is 0.480 e. The zero-order valence-electron chi connectivity index (χ0n) is 12.8. The van der Waals surface area contributed by atoms with Crippen molar-refractivity contribution in [2.45, 2.75) is 31.7 Å². The summed E-state index contributed by atoms with van der Waals surface area (Å²) in [5, 5.41) is 11.7. The van der Waals surface area contributed by atoms with Crippen LogP contribution in [0.5, 0.6) is 0 Å². The van der Waals surface area contributed by atoms with Gasteiger partial charge in [-0.25, -0.2) is 4.39 Å². The molecule has 0 unspecified atom stereocenters. The standard InChI is InChI=1S/C16H21FN2O3/c1-11(12-4-3-5-13(17)8-12)15(22)19-7-6-16(2,10-19)18-9-14(20)21/h3-5,8,11,18H,6-7,9-10H2,1-2H3,(H,20,21)/t11-,16-/m0/s1. The highest BCUT2D eigenvalue weighted by Crippen LogP contribution is 2.26. The fourth-order valence-electron chi connectivity index (χ4n) is 2.77. The SMILES string of the molecule is C[C@H](C(=O)N1CC[C@](C)(NCC(=O)O)C1)c1cccc(F)c1. The van der Waals surface area contributed by atoms with Crippen molar-refractivity contribution in [2.24, 2.45) is 0 Å². The van der Waals surface area contributed by atoms with Gasteiger partial charge in [0, 0.05) is 18.6 Å². The maximum Gasteiger partial charge on any atom is 0.317 e. The predicted octanol–water partition coefficient (Wildman–Crippen LogP) is 1.59. The molecule has 2 N–H and O–H groups in total. The van der Waals surface area contributed by atoms with Crippen molar-refractivity contribution in [1.82, 2.24) is 10.2 Å². The fourth-order valence-corrected chi connectivity index (χ4v) is 2.77. The Morgan fingerprint density at radius 2 is 2.23 bits per heavy atom. The van der Waals surface area contributed by atoms with Crippen LogP contribution in [0.4, 0.5) is 4.39 Å². The van der Waals surface area contributed by atoms with Crippen molar-refractivity contribution in [2.75, 3.05) is 19.6 Å². The summed E-state index contributed by atoms with van der Waals surface area (Å²) in [6.45, 7) is 4.58. The van der Waals surface area contributed by atoms with Gasteiger partial charge in [-0.15, -0.1) is 0 Å². The first-order chi connectivity index (χ1) is 10.3. The first-order valence-corrected chi connectivity index (χ1v) is 7.32. The van der Waals surface area contributed by atoms with E-state index in [9.17, 15) is 14.0 Å². The normalized spacial score (nSPS) is 22.6. The summed E-state index contributed by atoms with van der Waals surface area (Å²) in [5.74, 6) is -1.75. The van der Waals surface area contributed by atoms with Gasteiger partial charge in [0.25, 0.3) is 0 Å². The zero-order valence-corrected chi connectivity index (χ0v) is 12.8. The molecule has 22 heavy (non-hydrogen) atoms. The second kappa shape index (κ2) is 6.44. The molecule has 120 valence electrons. The topological polar surface area (TPSA) is 69.6 Å². The molecule has 1 aromatic carbocycles. The molecule has 5 nitrogen and oxygen atoms in total. The second-order valence-electron chi connectivity index (χ2n) is 6.09. The summed E-state index contributed by atoms with van der Waals surface area (Å²) < 4.78 is 13.3. The summed E-state index contributed by atoms with van der Waals surface area (Å²) in [6.07, 6.45) is 0.696. The van der Waals surface area contributed by atoms with Crippen LogP contribution in [0.25, 0.3) is 0 Å². The van der Waals surface area contributed by atoms with Crippen LogP contribution in [0.2, 0.25) is 0 Å². The van der Waals surface area contributed by atoms with E-state index in [1.165, 1.54) is 12.1 Å². The lowest BCUT2D eigenvalue weighted by atomic mass is 9.99. The molecule has 1 saturated heterocycles. The van der Waals surface area contributed by atoms with E-state index in [0.29, 0.717) is 25.1 Å². The van der Waals surface area contributed by atoms with Gasteiger partial charge in [-0.1, -0.05) is 12.1 Å². The van der Waals surface area contributed by atoms with Crippen molar-refractivity contribution in [3.05, 3.63) is 35.6 Å². The molecule has 2 atom stereocenters. The number of carbonyl (C=O) groups excluding carboxylic acids is 1. The Labute approximate surface area is 129 Å². The number of amides is 1. The van der Waals surface area contributed by atoms with E-state index in [4.69, 9.17) is 5.11 Å². The molecule has 1 aliphatic heterocycles. The third-order valence-electron chi connectivity index (χ3n) is 4.17. The van der Waals surface area contributed by atoms with E-state index in [1.807, 2.05) is 6.92 Å². The maximum absolute atomic E-state index is 13.3. The van der Waals surface area contributed by atoms with Gasteiger partial charge in [0.15, 0.2) is 0 Å². The summed E-state index contributed by atoms with van der Waals surface area (Å²) in [6, 6.07) is 6.06. The maximum atomic E-state index is 13.3. The molecule has 2 rings (SSSR count). The minimum absolute atomic E-state index is 0.0635. The van der Waals surface area contributed by atoms with E-state index >= 15 is 0 Å². The number of benzene rings is 1. The number of nitrogens with one attached hydrogen (secondary N) is 1. The van der Waals surface area contributed by atoms with Gasteiger partial charge in [-0.3, -0.25) is 14.9 Å². The number of halogens is 1. The highest BCUT2D eigenvalue weighted by molar-refractivity contribution is 5.83. The van der Waals surface area contributed by atoms with Gasteiger partial charge in [0.2, 0.25) is 5.91 Å². The molecule has 0 saturated carbocycles. The molecule has 0 aromatic heterocycles. The van der Waals surface area contributed by atoms with Crippen LogP contribution < -0.4 is 5.32 Å². The number of likely N-dealkylation sites (tertiary alicyclic amines) is 1. The number of carboxylic acid groups (broad SMARTS) is 1.